The van der Waals surface area contributed by atoms with Crippen LogP contribution in [0.3, 0.4) is 0 Å². The Balaban J connectivity index is 2.17. The second kappa shape index (κ2) is 3.30. The van der Waals surface area contributed by atoms with Gasteiger partial charge >= 0.3 is 0 Å². The molecule has 4 heteroatoms. The molecule has 0 N–H and O–H groups in total. The van der Waals surface area contributed by atoms with Crippen molar-refractivity contribution in [3.8, 4) is 5.75 Å². The summed E-state index contributed by atoms with van der Waals surface area (Å²) >= 11 is 0. The smallest absolute Gasteiger partial charge is 0.218 e. The summed E-state index contributed by atoms with van der Waals surface area (Å²) in [4.78, 5) is 5.00. The Hall–Kier alpha value is -1.16. The lowest BCUT2D eigenvalue weighted by Crippen LogP contribution is -2.40. The zero-order chi connectivity index (χ0) is 9.26. The molecule has 2 nitrogen and oxygen atoms in total. The zero-order valence-corrected chi connectivity index (χ0v) is 6.96. The summed E-state index contributed by atoms with van der Waals surface area (Å²) in [7, 11) is 0. The first-order chi connectivity index (χ1) is 6.27. The number of rotatable bonds is 2. The SMILES string of the molecule is Fc1cccc(F)c1ON1CCC1. The van der Waals surface area contributed by atoms with Gasteiger partial charge in [0.05, 0.1) is 0 Å². The van der Waals surface area contributed by atoms with E-state index in [0.29, 0.717) is 0 Å². The van der Waals surface area contributed by atoms with Crippen LogP contribution in [0.5, 0.6) is 5.75 Å². The molecule has 0 bridgehead atoms. The largest absolute Gasteiger partial charge is 0.400 e. The molecule has 0 unspecified atom stereocenters. The van der Waals surface area contributed by atoms with Crippen LogP contribution >= 0.6 is 0 Å². The quantitative estimate of drug-likeness (QED) is 0.698. The molecule has 1 aromatic rings. The summed E-state index contributed by atoms with van der Waals surface area (Å²) in [5.41, 5.74) is 0. The van der Waals surface area contributed by atoms with E-state index in [-0.39, 0.29) is 5.75 Å². The van der Waals surface area contributed by atoms with Crippen LogP contribution < -0.4 is 4.84 Å². The van der Waals surface area contributed by atoms with E-state index in [9.17, 15) is 8.78 Å². The Morgan fingerprint density at radius 3 is 2.23 bits per heavy atom. The molecule has 0 spiro atoms. The van der Waals surface area contributed by atoms with Crippen molar-refractivity contribution >= 4 is 0 Å². The molecule has 0 aliphatic carbocycles. The fourth-order valence-corrected chi connectivity index (χ4v) is 1.08. The van der Waals surface area contributed by atoms with Crippen LogP contribution in [0.15, 0.2) is 18.2 Å². The fourth-order valence-electron chi connectivity index (χ4n) is 1.08. The molecule has 0 atom stereocenters. The lowest BCUT2D eigenvalue weighted by Gasteiger charge is -2.29. The first-order valence-electron chi connectivity index (χ1n) is 4.14. The first-order valence-corrected chi connectivity index (χ1v) is 4.14. The van der Waals surface area contributed by atoms with Crippen molar-refractivity contribution in [2.24, 2.45) is 0 Å². The third-order valence-electron chi connectivity index (χ3n) is 1.95. The summed E-state index contributed by atoms with van der Waals surface area (Å²) in [5, 5.41) is 1.53. The van der Waals surface area contributed by atoms with E-state index < -0.39 is 11.6 Å². The minimum Gasteiger partial charge on any atom is -0.400 e. The number of nitrogens with zero attached hydrogens (tertiary/aromatic N) is 1. The number of para-hydroxylation sites is 1. The van der Waals surface area contributed by atoms with Crippen LogP contribution in [0.25, 0.3) is 0 Å². The topological polar surface area (TPSA) is 12.5 Å². The van der Waals surface area contributed by atoms with Crippen molar-refractivity contribution in [3.63, 3.8) is 0 Å². The Kier molecular flexibility index (Phi) is 2.14. The van der Waals surface area contributed by atoms with Crippen LogP contribution in [-0.2, 0) is 0 Å². The van der Waals surface area contributed by atoms with Gasteiger partial charge in [0.15, 0.2) is 11.6 Å². The minimum absolute atomic E-state index is 0.304. The van der Waals surface area contributed by atoms with Crippen LogP contribution in [0, 0.1) is 11.6 Å². The number of hydrogen-bond donors (Lipinski definition) is 0. The van der Waals surface area contributed by atoms with Gasteiger partial charge in [-0.2, -0.15) is 0 Å². The molecule has 0 saturated carbocycles. The van der Waals surface area contributed by atoms with Gasteiger partial charge in [0, 0.05) is 13.1 Å². The average molecular weight is 185 g/mol. The molecule has 0 amide bonds. The molecular weight excluding hydrogens is 176 g/mol. The maximum atomic E-state index is 13.0. The minimum atomic E-state index is -0.660. The summed E-state index contributed by atoms with van der Waals surface area (Å²) in [6, 6.07) is 3.67. The standard InChI is InChI=1S/C9H9F2NO/c10-7-3-1-4-8(11)9(7)13-12-5-2-6-12/h1,3-4H,2,5-6H2. The van der Waals surface area contributed by atoms with Gasteiger partial charge < -0.3 is 4.84 Å². The average Bonchev–Trinajstić information content (AvgIpc) is 2.00. The lowest BCUT2D eigenvalue weighted by atomic mass is 10.3. The van der Waals surface area contributed by atoms with E-state index in [1.54, 1.807) is 0 Å². The monoisotopic (exact) mass is 185 g/mol. The highest BCUT2D eigenvalue weighted by atomic mass is 19.1. The predicted octanol–water partition coefficient (Wildman–Crippen LogP) is 1.96. The highest BCUT2D eigenvalue weighted by Crippen LogP contribution is 2.23. The Bertz CT molecular complexity index is 292. The molecule has 0 radical (unpaired) electrons. The fraction of sp³-hybridized carbons (Fsp3) is 0.333. The van der Waals surface area contributed by atoms with Crippen LogP contribution in [0.4, 0.5) is 8.78 Å². The number of benzene rings is 1. The van der Waals surface area contributed by atoms with Gasteiger partial charge in [-0.1, -0.05) is 6.07 Å². The van der Waals surface area contributed by atoms with E-state index in [2.05, 4.69) is 0 Å². The van der Waals surface area contributed by atoms with E-state index in [1.165, 1.54) is 23.3 Å². The second-order valence-electron chi connectivity index (χ2n) is 2.92. The molecule has 1 aromatic carbocycles. The van der Waals surface area contributed by atoms with E-state index >= 15 is 0 Å². The molecule has 13 heavy (non-hydrogen) atoms. The van der Waals surface area contributed by atoms with Gasteiger partial charge in [-0.05, 0) is 18.6 Å². The maximum absolute atomic E-state index is 13.0. The summed E-state index contributed by atoms with van der Waals surface area (Å²) in [5.74, 6) is -1.62. The van der Waals surface area contributed by atoms with Crippen molar-refractivity contribution in [2.75, 3.05) is 13.1 Å². The van der Waals surface area contributed by atoms with Crippen molar-refractivity contribution in [3.05, 3.63) is 29.8 Å². The molecule has 1 heterocycles. The van der Waals surface area contributed by atoms with Gasteiger partial charge in [0.1, 0.15) is 0 Å². The summed E-state index contributed by atoms with van der Waals surface area (Å²) < 4.78 is 26.0. The van der Waals surface area contributed by atoms with Crippen molar-refractivity contribution in [1.29, 1.82) is 0 Å². The van der Waals surface area contributed by atoms with Gasteiger partial charge in [-0.15, -0.1) is 5.06 Å². The summed E-state index contributed by atoms with van der Waals surface area (Å²) in [6.07, 6.45) is 1.01. The molecule has 70 valence electrons. The molecule has 0 aromatic heterocycles. The molecule has 1 aliphatic heterocycles. The highest BCUT2D eigenvalue weighted by molar-refractivity contribution is 5.25. The molecule has 1 saturated heterocycles. The van der Waals surface area contributed by atoms with E-state index in [4.69, 9.17) is 4.84 Å². The second-order valence-corrected chi connectivity index (χ2v) is 2.92. The first kappa shape index (κ1) is 8.44. The van der Waals surface area contributed by atoms with Crippen molar-refractivity contribution in [1.82, 2.24) is 5.06 Å². The molecule has 2 rings (SSSR count). The number of hydroxylamine groups is 2. The number of halogens is 2. The van der Waals surface area contributed by atoms with Crippen LogP contribution in [-0.4, -0.2) is 18.2 Å². The van der Waals surface area contributed by atoms with Gasteiger partial charge in [0.2, 0.25) is 5.75 Å². The highest BCUT2D eigenvalue weighted by Gasteiger charge is 2.19. The Morgan fingerprint density at radius 1 is 1.15 bits per heavy atom. The normalized spacial score (nSPS) is 16.8. The molecular formula is C9H9F2NO. The summed E-state index contributed by atoms with van der Waals surface area (Å²) in [6.45, 7) is 1.46. The third kappa shape index (κ3) is 1.62. The third-order valence-corrected chi connectivity index (χ3v) is 1.95. The van der Waals surface area contributed by atoms with Gasteiger partial charge in [0.25, 0.3) is 0 Å². The Morgan fingerprint density at radius 2 is 1.77 bits per heavy atom. The van der Waals surface area contributed by atoms with Gasteiger partial charge in [-0.3, -0.25) is 0 Å². The van der Waals surface area contributed by atoms with Crippen molar-refractivity contribution < 1.29 is 13.6 Å². The van der Waals surface area contributed by atoms with Crippen molar-refractivity contribution in [2.45, 2.75) is 6.42 Å². The van der Waals surface area contributed by atoms with Crippen LogP contribution in [0.1, 0.15) is 6.42 Å². The maximum Gasteiger partial charge on any atom is 0.218 e. The van der Waals surface area contributed by atoms with E-state index in [0.717, 1.165) is 19.5 Å². The van der Waals surface area contributed by atoms with Gasteiger partial charge in [-0.25, -0.2) is 8.78 Å². The zero-order valence-electron chi connectivity index (χ0n) is 6.96. The lowest BCUT2D eigenvalue weighted by molar-refractivity contribution is -0.112. The number of hydrogen-bond acceptors (Lipinski definition) is 2. The molecule has 1 fully saturated rings. The van der Waals surface area contributed by atoms with E-state index in [1.807, 2.05) is 0 Å². The van der Waals surface area contributed by atoms with Crippen LogP contribution in [0.2, 0.25) is 0 Å². The Labute approximate surface area is 74.7 Å². The predicted molar refractivity (Wildman–Crippen MR) is 43.2 cm³/mol. The molecule has 1 aliphatic rings.